The lowest BCUT2D eigenvalue weighted by atomic mass is 9.67. The molecule has 0 radical (unpaired) electrons. The zero-order valence-electron chi connectivity index (χ0n) is 37.1. The van der Waals surface area contributed by atoms with Crippen LogP contribution in [0.1, 0.15) is 81.7 Å². The fourth-order valence-electron chi connectivity index (χ4n) is 8.33. The molecule has 6 aromatic rings. The summed E-state index contributed by atoms with van der Waals surface area (Å²) in [5.41, 5.74) is 14.6. The van der Waals surface area contributed by atoms with Crippen molar-refractivity contribution in [3.05, 3.63) is 229 Å². The molecule has 0 saturated heterocycles. The van der Waals surface area contributed by atoms with Gasteiger partial charge in [0.2, 0.25) is 0 Å². The van der Waals surface area contributed by atoms with Gasteiger partial charge in [-0.05, 0) is 99.0 Å². The van der Waals surface area contributed by atoms with Crippen molar-refractivity contribution in [3.63, 3.8) is 0 Å². The molecule has 0 aliphatic heterocycles. The standard InChI is InChI=1S/C56H57N.C4H6/c1-8-23-43(4)56(9-2,10-3)53-42-45(37-40-48(53)26-20-21-41-57(49-27-16-12-17-28-49)50-29-18-13-19-30-50)34-33-44-35-38-47(39-36-44)52-32-22-31-51(54(52)55(5,6)7)46-24-14-11-15-25-46;1-3-4-2/h1,11-22,24-25,27-40,42H,4,9-10,23,26,41H2,2-3,5-7H3;3-4H,1-2H2/b21-20-,34-33+;. The molecule has 0 heterocycles. The monoisotopic (exact) mass is 797 g/mol. The Morgan fingerprint density at radius 2 is 1.13 bits per heavy atom. The molecule has 0 amide bonds. The molecule has 0 saturated carbocycles. The van der Waals surface area contributed by atoms with E-state index in [9.17, 15) is 0 Å². The third-order valence-corrected chi connectivity index (χ3v) is 11.5. The third-order valence-electron chi connectivity index (χ3n) is 11.5. The van der Waals surface area contributed by atoms with Crippen LogP contribution < -0.4 is 4.90 Å². The number of hydrogen-bond acceptors (Lipinski definition) is 1. The fraction of sp³-hybridized carbons (Fsp3) is 0.200. The van der Waals surface area contributed by atoms with Gasteiger partial charge in [0, 0.05) is 29.8 Å². The Labute approximate surface area is 368 Å². The van der Waals surface area contributed by atoms with Crippen molar-refractivity contribution >= 4 is 23.5 Å². The van der Waals surface area contributed by atoms with Gasteiger partial charge in [-0.2, -0.15) is 0 Å². The molecule has 0 unspecified atom stereocenters. The van der Waals surface area contributed by atoms with Crippen LogP contribution >= 0.6 is 0 Å². The van der Waals surface area contributed by atoms with Crippen LogP contribution in [0.5, 0.6) is 0 Å². The second-order valence-electron chi connectivity index (χ2n) is 16.4. The molecule has 0 aliphatic carbocycles. The van der Waals surface area contributed by atoms with Crippen LogP contribution in [0.4, 0.5) is 11.4 Å². The van der Waals surface area contributed by atoms with Crippen LogP contribution in [-0.2, 0) is 17.3 Å². The zero-order valence-corrected chi connectivity index (χ0v) is 37.1. The molecule has 6 rings (SSSR count). The molecule has 0 fully saturated rings. The van der Waals surface area contributed by atoms with Crippen molar-refractivity contribution < 1.29 is 0 Å². The number of rotatable bonds is 16. The van der Waals surface area contributed by atoms with Crippen molar-refractivity contribution in [2.24, 2.45) is 0 Å². The number of terminal acetylenes is 1. The lowest BCUT2D eigenvalue weighted by Gasteiger charge is -2.36. The molecule has 0 aromatic heterocycles. The van der Waals surface area contributed by atoms with Gasteiger partial charge in [-0.15, -0.1) is 12.3 Å². The van der Waals surface area contributed by atoms with Crippen LogP contribution in [0.3, 0.4) is 0 Å². The number of anilines is 2. The average Bonchev–Trinajstić information content (AvgIpc) is 3.30. The maximum atomic E-state index is 5.89. The SMILES string of the molecule is C#CCC(=C)C(CC)(CC)c1cc(/C=C/c2ccc(-c3cccc(-c4ccccc4)c3C(C)(C)C)cc2)ccc1C/C=C\CN(c1ccccc1)c1ccccc1.C=CC=C. The van der Waals surface area contributed by atoms with E-state index in [4.69, 9.17) is 6.42 Å². The summed E-state index contributed by atoms with van der Waals surface area (Å²) in [6, 6.07) is 54.6. The van der Waals surface area contributed by atoms with Crippen molar-refractivity contribution in [1.29, 1.82) is 0 Å². The van der Waals surface area contributed by atoms with Crippen molar-refractivity contribution in [1.82, 2.24) is 0 Å². The van der Waals surface area contributed by atoms with Gasteiger partial charge in [0.15, 0.2) is 0 Å². The summed E-state index contributed by atoms with van der Waals surface area (Å²) in [6.45, 7) is 23.5. The quantitative estimate of drug-likeness (QED) is 0.0408. The largest absolute Gasteiger partial charge is 0.338 e. The molecule has 0 N–H and O–H groups in total. The van der Waals surface area contributed by atoms with E-state index in [-0.39, 0.29) is 10.8 Å². The zero-order chi connectivity index (χ0) is 43.7. The first kappa shape index (κ1) is 45.5. The number of nitrogens with zero attached hydrogens (tertiary/aromatic N) is 1. The highest BCUT2D eigenvalue weighted by atomic mass is 15.1. The molecule has 1 nitrogen and oxygen atoms in total. The lowest BCUT2D eigenvalue weighted by molar-refractivity contribution is 0.459. The van der Waals surface area contributed by atoms with Crippen LogP contribution in [0.25, 0.3) is 34.4 Å². The highest BCUT2D eigenvalue weighted by Gasteiger charge is 2.33. The highest BCUT2D eigenvalue weighted by molar-refractivity contribution is 5.81. The Balaban J connectivity index is 0.00000168. The van der Waals surface area contributed by atoms with E-state index in [1.54, 1.807) is 12.2 Å². The molecule has 6 aromatic carbocycles. The lowest BCUT2D eigenvalue weighted by Crippen LogP contribution is -2.28. The summed E-state index contributed by atoms with van der Waals surface area (Å²) >= 11 is 0. The Morgan fingerprint density at radius 1 is 0.623 bits per heavy atom. The molecule has 0 atom stereocenters. The minimum atomic E-state index is -0.208. The van der Waals surface area contributed by atoms with Gasteiger partial charge in [0.1, 0.15) is 0 Å². The molecule has 0 spiro atoms. The van der Waals surface area contributed by atoms with Gasteiger partial charge in [0.25, 0.3) is 0 Å². The van der Waals surface area contributed by atoms with E-state index < -0.39 is 0 Å². The van der Waals surface area contributed by atoms with Gasteiger partial charge in [0.05, 0.1) is 0 Å². The second-order valence-corrected chi connectivity index (χ2v) is 16.4. The highest BCUT2D eigenvalue weighted by Crippen LogP contribution is 2.43. The number of hydrogen-bond donors (Lipinski definition) is 0. The second kappa shape index (κ2) is 22.1. The Morgan fingerprint density at radius 3 is 1.64 bits per heavy atom. The van der Waals surface area contributed by atoms with Gasteiger partial charge in [-0.25, -0.2) is 0 Å². The van der Waals surface area contributed by atoms with Gasteiger partial charge in [-0.1, -0.05) is 224 Å². The molecule has 0 bridgehead atoms. The first-order valence-electron chi connectivity index (χ1n) is 21.6. The minimum Gasteiger partial charge on any atom is -0.338 e. The van der Waals surface area contributed by atoms with Crippen LogP contribution in [0.2, 0.25) is 0 Å². The van der Waals surface area contributed by atoms with Crippen molar-refractivity contribution in [2.45, 2.75) is 71.1 Å². The molecular formula is C60H63N. The van der Waals surface area contributed by atoms with E-state index in [2.05, 4.69) is 241 Å². The molecule has 1 heteroatoms. The van der Waals surface area contributed by atoms with Crippen LogP contribution in [0, 0.1) is 12.3 Å². The molecule has 0 aliphatic rings. The van der Waals surface area contributed by atoms with E-state index in [1.807, 2.05) is 0 Å². The minimum absolute atomic E-state index is 0.0254. The summed E-state index contributed by atoms with van der Waals surface area (Å²) < 4.78 is 0. The number of benzene rings is 6. The van der Waals surface area contributed by atoms with E-state index in [0.717, 1.165) is 31.4 Å². The third kappa shape index (κ3) is 11.6. The van der Waals surface area contributed by atoms with Crippen LogP contribution in [-0.4, -0.2) is 6.54 Å². The summed E-state index contributed by atoms with van der Waals surface area (Å²) in [5, 5.41) is 0. The normalized spacial score (nSPS) is 11.4. The maximum absolute atomic E-state index is 5.89. The molecule has 308 valence electrons. The average molecular weight is 798 g/mol. The summed E-state index contributed by atoms with van der Waals surface area (Å²) in [4.78, 5) is 2.35. The van der Waals surface area contributed by atoms with E-state index in [0.29, 0.717) is 6.42 Å². The van der Waals surface area contributed by atoms with Gasteiger partial charge < -0.3 is 4.90 Å². The Bertz CT molecular complexity index is 2380. The van der Waals surface area contributed by atoms with Gasteiger partial charge in [-0.3, -0.25) is 0 Å². The number of allylic oxidation sites excluding steroid dienone is 4. The van der Waals surface area contributed by atoms with Gasteiger partial charge >= 0.3 is 0 Å². The van der Waals surface area contributed by atoms with E-state index in [1.165, 1.54) is 61.4 Å². The molecule has 61 heavy (non-hydrogen) atoms. The Hall–Kier alpha value is -6.62. The maximum Gasteiger partial charge on any atom is 0.0413 e. The first-order chi connectivity index (χ1) is 29.6. The topological polar surface area (TPSA) is 3.24 Å². The molecular weight excluding hydrogens is 735 g/mol. The summed E-state index contributed by atoms with van der Waals surface area (Å²) in [5.74, 6) is 2.89. The number of para-hydroxylation sites is 2. The fourth-order valence-corrected chi connectivity index (χ4v) is 8.33. The first-order valence-corrected chi connectivity index (χ1v) is 21.6. The summed E-state index contributed by atoms with van der Waals surface area (Å²) in [6.07, 6.45) is 21.5. The predicted octanol–water partition coefficient (Wildman–Crippen LogP) is 16.4. The van der Waals surface area contributed by atoms with E-state index >= 15 is 0 Å². The smallest absolute Gasteiger partial charge is 0.0413 e. The predicted molar refractivity (Wildman–Crippen MR) is 269 cm³/mol. The van der Waals surface area contributed by atoms with Crippen molar-refractivity contribution in [3.8, 4) is 34.6 Å². The Kier molecular flexibility index (Phi) is 16.5. The van der Waals surface area contributed by atoms with Crippen molar-refractivity contribution in [2.75, 3.05) is 11.4 Å². The summed E-state index contributed by atoms with van der Waals surface area (Å²) in [7, 11) is 0. The van der Waals surface area contributed by atoms with Crippen LogP contribution in [0.15, 0.2) is 201 Å².